The van der Waals surface area contributed by atoms with Gasteiger partial charge in [0.15, 0.2) is 5.83 Å². The standard InChI is InChI=1S/C21H17FN2O2S/c22-18(12-15-9-5-2-6-10-15)20(26)24-21-17(19(23)25)13-16(27-21)11-14-7-3-1-4-8-14/h1-10,12-13H,11H2,(H2,23,25)(H,24,26)/b18-12-. The van der Waals surface area contributed by atoms with Gasteiger partial charge in [0.1, 0.15) is 5.00 Å². The van der Waals surface area contributed by atoms with Gasteiger partial charge < -0.3 is 11.1 Å². The molecule has 0 unspecified atom stereocenters. The average Bonchev–Trinajstić information content (AvgIpc) is 3.06. The number of thiophene rings is 1. The minimum absolute atomic E-state index is 0.173. The summed E-state index contributed by atoms with van der Waals surface area (Å²) in [6, 6.07) is 20.0. The summed E-state index contributed by atoms with van der Waals surface area (Å²) in [6.45, 7) is 0. The van der Waals surface area contributed by atoms with E-state index in [0.717, 1.165) is 16.5 Å². The molecule has 0 aliphatic carbocycles. The molecule has 0 spiro atoms. The molecule has 0 radical (unpaired) electrons. The molecule has 1 heterocycles. The van der Waals surface area contributed by atoms with E-state index in [2.05, 4.69) is 5.32 Å². The van der Waals surface area contributed by atoms with Crippen LogP contribution in [-0.2, 0) is 11.2 Å². The number of anilines is 1. The maximum Gasteiger partial charge on any atom is 0.285 e. The van der Waals surface area contributed by atoms with Gasteiger partial charge in [-0.25, -0.2) is 4.39 Å². The van der Waals surface area contributed by atoms with Crippen molar-refractivity contribution in [3.63, 3.8) is 0 Å². The van der Waals surface area contributed by atoms with Gasteiger partial charge in [-0.15, -0.1) is 11.3 Å². The molecule has 27 heavy (non-hydrogen) atoms. The van der Waals surface area contributed by atoms with Crippen molar-refractivity contribution < 1.29 is 14.0 Å². The number of carbonyl (C=O) groups is 2. The fraction of sp³-hybridized carbons (Fsp3) is 0.0476. The highest BCUT2D eigenvalue weighted by molar-refractivity contribution is 7.16. The van der Waals surface area contributed by atoms with Crippen LogP contribution in [0.5, 0.6) is 0 Å². The van der Waals surface area contributed by atoms with E-state index in [4.69, 9.17) is 5.73 Å². The fourth-order valence-corrected chi connectivity index (χ4v) is 3.62. The van der Waals surface area contributed by atoms with Crippen molar-refractivity contribution >= 4 is 34.2 Å². The highest BCUT2D eigenvalue weighted by atomic mass is 32.1. The number of hydrogen-bond acceptors (Lipinski definition) is 3. The van der Waals surface area contributed by atoms with Gasteiger partial charge in [-0.2, -0.15) is 0 Å². The minimum atomic E-state index is -0.949. The molecule has 3 N–H and O–H groups in total. The Morgan fingerprint density at radius 1 is 1.04 bits per heavy atom. The van der Waals surface area contributed by atoms with Gasteiger partial charge in [-0.05, 0) is 23.3 Å². The van der Waals surface area contributed by atoms with Crippen molar-refractivity contribution in [1.29, 1.82) is 0 Å². The van der Waals surface area contributed by atoms with Gasteiger partial charge in [0.2, 0.25) is 0 Å². The Labute approximate surface area is 160 Å². The summed E-state index contributed by atoms with van der Waals surface area (Å²) in [7, 11) is 0. The molecule has 6 heteroatoms. The number of carbonyl (C=O) groups excluding carboxylic acids is 2. The molecule has 0 aliphatic rings. The number of nitrogens with two attached hydrogens (primary N) is 1. The Bertz CT molecular complexity index is 982. The molecule has 2 amide bonds. The lowest BCUT2D eigenvalue weighted by molar-refractivity contribution is -0.114. The second-order valence-corrected chi connectivity index (χ2v) is 6.98. The molecule has 3 aromatic rings. The number of nitrogens with one attached hydrogen (secondary N) is 1. The van der Waals surface area contributed by atoms with Crippen LogP contribution in [0.4, 0.5) is 9.39 Å². The molecular formula is C21H17FN2O2S. The smallest absolute Gasteiger partial charge is 0.285 e. The van der Waals surface area contributed by atoms with Crippen molar-refractivity contribution in [2.24, 2.45) is 5.73 Å². The monoisotopic (exact) mass is 380 g/mol. The zero-order valence-electron chi connectivity index (χ0n) is 14.3. The van der Waals surface area contributed by atoms with Crippen molar-refractivity contribution in [3.8, 4) is 0 Å². The molecule has 0 fully saturated rings. The molecule has 2 aromatic carbocycles. The molecule has 0 saturated heterocycles. The zero-order chi connectivity index (χ0) is 19.2. The van der Waals surface area contributed by atoms with E-state index in [1.807, 2.05) is 30.3 Å². The summed E-state index contributed by atoms with van der Waals surface area (Å²) in [5, 5.41) is 2.70. The highest BCUT2D eigenvalue weighted by Crippen LogP contribution is 2.30. The summed E-state index contributed by atoms with van der Waals surface area (Å²) in [5.74, 6) is -2.54. The molecule has 0 saturated carbocycles. The highest BCUT2D eigenvalue weighted by Gasteiger charge is 2.18. The number of rotatable bonds is 6. The maximum atomic E-state index is 14.2. The lowest BCUT2D eigenvalue weighted by Gasteiger charge is -2.03. The number of primary amides is 1. The van der Waals surface area contributed by atoms with Crippen molar-refractivity contribution in [1.82, 2.24) is 0 Å². The van der Waals surface area contributed by atoms with Crippen LogP contribution in [0.2, 0.25) is 0 Å². The van der Waals surface area contributed by atoms with Crippen molar-refractivity contribution in [2.45, 2.75) is 6.42 Å². The molecule has 136 valence electrons. The predicted molar refractivity (Wildman–Crippen MR) is 106 cm³/mol. The minimum Gasteiger partial charge on any atom is -0.366 e. The number of amides is 2. The number of hydrogen-bond donors (Lipinski definition) is 2. The van der Waals surface area contributed by atoms with E-state index >= 15 is 0 Å². The second kappa shape index (κ2) is 8.42. The van der Waals surface area contributed by atoms with E-state index in [1.165, 1.54) is 11.3 Å². The number of benzene rings is 2. The third-order valence-electron chi connectivity index (χ3n) is 3.81. The average molecular weight is 380 g/mol. The van der Waals surface area contributed by atoms with Crippen LogP contribution >= 0.6 is 11.3 Å². The van der Waals surface area contributed by atoms with E-state index in [-0.39, 0.29) is 10.6 Å². The molecule has 0 atom stereocenters. The first-order valence-electron chi connectivity index (χ1n) is 8.23. The summed E-state index contributed by atoms with van der Waals surface area (Å²) < 4.78 is 14.2. The summed E-state index contributed by atoms with van der Waals surface area (Å²) in [4.78, 5) is 24.7. The largest absolute Gasteiger partial charge is 0.366 e. The fourth-order valence-electron chi connectivity index (χ4n) is 2.53. The lowest BCUT2D eigenvalue weighted by Crippen LogP contribution is -2.16. The molecular weight excluding hydrogens is 363 g/mol. The third kappa shape index (κ3) is 4.89. The normalized spacial score (nSPS) is 11.2. The first kappa shape index (κ1) is 18.5. The first-order chi connectivity index (χ1) is 13.0. The lowest BCUT2D eigenvalue weighted by atomic mass is 10.1. The quantitative estimate of drug-likeness (QED) is 0.623. The second-order valence-electron chi connectivity index (χ2n) is 5.84. The Morgan fingerprint density at radius 3 is 2.30 bits per heavy atom. The van der Waals surface area contributed by atoms with Gasteiger partial charge in [-0.3, -0.25) is 9.59 Å². The van der Waals surface area contributed by atoms with E-state index in [1.54, 1.807) is 36.4 Å². The van der Waals surface area contributed by atoms with Crippen LogP contribution in [0.25, 0.3) is 6.08 Å². The maximum absolute atomic E-state index is 14.2. The zero-order valence-corrected chi connectivity index (χ0v) is 15.1. The summed E-state index contributed by atoms with van der Waals surface area (Å²) >= 11 is 1.21. The van der Waals surface area contributed by atoms with Gasteiger partial charge in [0.25, 0.3) is 11.8 Å². The molecule has 0 bridgehead atoms. The van der Waals surface area contributed by atoms with Gasteiger partial charge >= 0.3 is 0 Å². The SMILES string of the molecule is NC(=O)c1cc(Cc2ccccc2)sc1NC(=O)/C(F)=C/c1ccccc1. The van der Waals surface area contributed by atoms with E-state index in [9.17, 15) is 14.0 Å². The molecule has 4 nitrogen and oxygen atoms in total. The molecule has 3 rings (SSSR count). The Kier molecular flexibility index (Phi) is 5.78. The van der Waals surface area contributed by atoms with Gasteiger partial charge in [-0.1, -0.05) is 60.7 Å². The van der Waals surface area contributed by atoms with Crippen molar-refractivity contribution in [3.05, 3.63) is 94.1 Å². The van der Waals surface area contributed by atoms with Crippen LogP contribution in [-0.4, -0.2) is 11.8 Å². The van der Waals surface area contributed by atoms with Crippen molar-refractivity contribution in [2.75, 3.05) is 5.32 Å². The Morgan fingerprint density at radius 2 is 1.67 bits per heavy atom. The molecule has 1 aromatic heterocycles. The number of halogens is 1. The third-order valence-corrected chi connectivity index (χ3v) is 4.86. The van der Waals surface area contributed by atoms with Gasteiger partial charge in [0.05, 0.1) is 5.56 Å². The van der Waals surface area contributed by atoms with Gasteiger partial charge in [0, 0.05) is 11.3 Å². The van der Waals surface area contributed by atoms with E-state index in [0.29, 0.717) is 12.0 Å². The molecule has 0 aliphatic heterocycles. The summed E-state index contributed by atoms with van der Waals surface area (Å²) in [6.07, 6.45) is 1.72. The Balaban J connectivity index is 1.80. The van der Waals surface area contributed by atoms with Crippen LogP contribution in [0.15, 0.2) is 72.6 Å². The van der Waals surface area contributed by atoms with E-state index < -0.39 is 17.6 Å². The predicted octanol–water partition coefficient (Wildman–Crippen LogP) is 4.39. The topological polar surface area (TPSA) is 72.2 Å². The first-order valence-corrected chi connectivity index (χ1v) is 9.04. The van der Waals surface area contributed by atoms with Crippen LogP contribution in [0.3, 0.4) is 0 Å². The van der Waals surface area contributed by atoms with Crippen LogP contribution < -0.4 is 11.1 Å². The van der Waals surface area contributed by atoms with Crippen LogP contribution in [0.1, 0.15) is 26.4 Å². The van der Waals surface area contributed by atoms with Crippen LogP contribution in [0, 0.1) is 0 Å². The Hall–Kier alpha value is -3.25. The summed E-state index contributed by atoms with van der Waals surface area (Å²) in [5.41, 5.74) is 7.20.